The van der Waals surface area contributed by atoms with Gasteiger partial charge in [0.2, 0.25) is 0 Å². The molecule has 1 aliphatic rings. The van der Waals surface area contributed by atoms with Gasteiger partial charge in [-0.25, -0.2) is 0 Å². The van der Waals surface area contributed by atoms with E-state index in [-0.39, 0.29) is 12.0 Å². The van der Waals surface area contributed by atoms with Crippen LogP contribution < -0.4 is 0 Å². The first-order chi connectivity index (χ1) is 8.22. The Morgan fingerprint density at radius 2 is 2.24 bits per heavy atom. The maximum absolute atomic E-state index is 12.2. The van der Waals surface area contributed by atoms with E-state index in [9.17, 15) is 4.79 Å². The predicted molar refractivity (Wildman–Crippen MR) is 65.2 cm³/mol. The molecule has 0 spiro atoms. The molecule has 1 amide bonds. The van der Waals surface area contributed by atoms with Gasteiger partial charge in [0.05, 0.1) is 16.7 Å². The van der Waals surface area contributed by atoms with Crippen LogP contribution in [-0.4, -0.2) is 42.1 Å². The van der Waals surface area contributed by atoms with Gasteiger partial charge >= 0.3 is 0 Å². The summed E-state index contributed by atoms with van der Waals surface area (Å²) in [6.45, 7) is 1.42. The summed E-state index contributed by atoms with van der Waals surface area (Å²) in [4.78, 5) is 17.9. The first-order valence-corrected chi connectivity index (χ1v) is 6.01. The summed E-state index contributed by atoms with van der Waals surface area (Å²) in [5.41, 5.74) is 0.477. The number of aromatic nitrogens is 1. The van der Waals surface area contributed by atoms with Crippen LogP contribution in [0.3, 0.4) is 0 Å². The molecule has 0 radical (unpaired) electrons. The van der Waals surface area contributed by atoms with Crippen LogP contribution in [0.2, 0.25) is 5.02 Å². The molecule has 2 rings (SSSR count). The molecule has 5 heteroatoms. The Kier molecular flexibility index (Phi) is 3.97. The van der Waals surface area contributed by atoms with Gasteiger partial charge in [-0.1, -0.05) is 11.6 Å². The van der Waals surface area contributed by atoms with Crippen LogP contribution in [0.15, 0.2) is 18.5 Å². The quantitative estimate of drug-likeness (QED) is 0.811. The lowest BCUT2D eigenvalue weighted by molar-refractivity contribution is 0.0350. The molecule has 0 bridgehead atoms. The van der Waals surface area contributed by atoms with Crippen molar-refractivity contribution in [2.24, 2.45) is 0 Å². The number of amides is 1. The molecule has 17 heavy (non-hydrogen) atoms. The average molecular weight is 255 g/mol. The second-order valence-electron chi connectivity index (χ2n) is 4.08. The highest BCUT2D eigenvalue weighted by atomic mass is 35.5. The first-order valence-electron chi connectivity index (χ1n) is 5.64. The number of ether oxygens (including phenoxy) is 1. The molecule has 1 aromatic heterocycles. The maximum Gasteiger partial charge on any atom is 0.256 e. The predicted octanol–water partition coefficient (Wildman–Crippen LogP) is 1.99. The van der Waals surface area contributed by atoms with Gasteiger partial charge in [0.25, 0.3) is 5.91 Å². The molecular formula is C12H15ClN2O2. The van der Waals surface area contributed by atoms with Crippen LogP contribution in [0, 0.1) is 0 Å². The summed E-state index contributed by atoms with van der Waals surface area (Å²) in [7, 11) is 1.71. The largest absolute Gasteiger partial charge is 0.381 e. The van der Waals surface area contributed by atoms with Crippen molar-refractivity contribution in [3.05, 3.63) is 29.0 Å². The van der Waals surface area contributed by atoms with Gasteiger partial charge in [0.15, 0.2) is 0 Å². The van der Waals surface area contributed by atoms with Crippen LogP contribution >= 0.6 is 11.6 Å². The van der Waals surface area contributed by atoms with Crippen LogP contribution in [-0.2, 0) is 4.74 Å². The highest BCUT2D eigenvalue weighted by molar-refractivity contribution is 6.33. The zero-order valence-electron chi connectivity index (χ0n) is 9.73. The highest BCUT2D eigenvalue weighted by Gasteiger charge is 2.24. The number of likely N-dealkylation sites (tertiary alicyclic amines) is 1. The summed E-state index contributed by atoms with van der Waals surface area (Å²) >= 11 is 5.98. The van der Waals surface area contributed by atoms with E-state index in [1.807, 2.05) is 0 Å². The molecular weight excluding hydrogens is 240 g/mol. The van der Waals surface area contributed by atoms with Gasteiger partial charge in [-0.2, -0.15) is 0 Å². The summed E-state index contributed by atoms with van der Waals surface area (Å²) < 4.78 is 5.27. The number of hydrogen-bond donors (Lipinski definition) is 0. The Morgan fingerprint density at radius 3 is 2.82 bits per heavy atom. The Morgan fingerprint density at radius 1 is 1.53 bits per heavy atom. The number of halogens is 1. The minimum Gasteiger partial charge on any atom is -0.381 e. The number of nitrogens with zero attached hydrogens (tertiary/aromatic N) is 2. The van der Waals surface area contributed by atoms with Crippen molar-refractivity contribution in [3.63, 3.8) is 0 Å². The van der Waals surface area contributed by atoms with Crippen molar-refractivity contribution < 1.29 is 9.53 Å². The second-order valence-corrected chi connectivity index (χ2v) is 4.49. The third-order valence-corrected chi connectivity index (χ3v) is 3.39. The fourth-order valence-electron chi connectivity index (χ4n) is 2.00. The van der Waals surface area contributed by atoms with E-state index in [1.54, 1.807) is 24.3 Å². The zero-order valence-corrected chi connectivity index (χ0v) is 10.5. The van der Waals surface area contributed by atoms with E-state index >= 15 is 0 Å². The van der Waals surface area contributed by atoms with Gasteiger partial charge in [0, 0.05) is 32.6 Å². The normalized spacial score (nSPS) is 17.2. The lowest BCUT2D eigenvalue weighted by Gasteiger charge is -2.31. The van der Waals surface area contributed by atoms with Gasteiger partial charge in [0.1, 0.15) is 0 Å². The van der Waals surface area contributed by atoms with Gasteiger partial charge < -0.3 is 9.64 Å². The van der Waals surface area contributed by atoms with E-state index in [4.69, 9.17) is 16.3 Å². The molecule has 0 saturated carbocycles. The molecule has 1 saturated heterocycles. The number of hydrogen-bond acceptors (Lipinski definition) is 3. The molecule has 0 aromatic carbocycles. The van der Waals surface area contributed by atoms with Crippen molar-refractivity contribution in [2.45, 2.75) is 18.9 Å². The topological polar surface area (TPSA) is 42.4 Å². The van der Waals surface area contributed by atoms with E-state index in [1.165, 1.54) is 6.20 Å². The first kappa shape index (κ1) is 12.3. The van der Waals surface area contributed by atoms with Crippen molar-refractivity contribution in [1.29, 1.82) is 0 Å². The van der Waals surface area contributed by atoms with E-state index < -0.39 is 0 Å². The number of piperidine rings is 1. The molecule has 4 nitrogen and oxygen atoms in total. The number of pyridine rings is 1. The molecule has 2 heterocycles. The monoisotopic (exact) mass is 254 g/mol. The minimum atomic E-state index is -0.0438. The molecule has 92 valence electrons. The third kappa shape index (κ3) is 2.76. The lowest BCUT2D eigenvalue weighted by atomic mass is 10.1. The summed E-state index contributed by atoms with van der Waals surface area (Å²) in [5.74, 6) is -0.0438. The third-order valence-electron chi connectivity index (χ3n) is 3.06. The molecule has 1 aliphatic heterocycles. The molecule has 1 fully saturated rings. The van der Waals surface area contributed by atoms with E-state index in [0.717, 1.165) is 12.8 Å². The Hall–Kier alpha value is -1.13. The molecule has 1 aromatic rings. The van der Waals surface area contributed by atoms with Crippen LogP contribution in [0.25, 0.3) is 0 Å². The van der Waals surface area contributed by atoms with Crippen molar-refractivity contribution in [3.8, 4) is 0 Å². The molecule has 0 unspecified atom stereocenters. The minimum absolute atomic E-state index is 0.0438. The fraction of sp³-hybridized carbons (Fsp3) is 0.500. The summed E-state index contributed by atoms with van der Waals surface area (Å²) in [5, 5.41) is 0.457. The fourth-order valence-corrected chi connectivity index (χ4v) is 2.19. The summed E-state index contributed by atoms with van der Waals surface area (Å²) in [6.07, 6.45) is 5.12. The maximum atomic E-state index is 12.2. The number of carbonyl (C=O) groups is 1. The Bertz CT molecular complexity index is 403. The van der Waals surface area contributed by atoms with Gasteiger partial charge in [-0.05, 0) is 18.9 Å². The smallest absolute Gasteiger partial charge is 0.256 e. The molecule has 0 atom stereocenters. The van der Waals surface area contributed by atoms with Crippen LogP contribution in [0.1, 0.15) is 23.2 Å². The Balaban J connectivity index is 2.04. The molecule has 0 N–H and O–H groups in total. The van der Waals surface area contributed by atoms with Crippen LogP contribution in [0.4, 0.5) is 0 Å². The zero-order chi connectivity index (χ0) is 12.3. The SMILES string of the molecule is COC1CCN(C(=O)c2cnccc2Cl)CC1. The highest BCUT2D eigenvalue weighted by Crippen LogP contribution is 2.19. The number of rotatable bonds is 2. The van der Waals surface area contributed by atoms with E-state index in [2.05, 4.69) is 4.98 Å². The van der Waals surface area contributed by atoms with Gasteiger partial charge in [-0.3, -0.25) is 9.78 Å². The van der Waals surface area contributed by atoms with Crippen molar-refractivity contribution in [1.82, 2.24) is 9.88 Å². The number of carbonyl (C=O) groups excluding carboxylic acids is 1. The average Bonchev–Trinajstić information content (AvgIpc) is 2.39. The van der Waals surface area contributed by atoms with Crippen LogP contribution in [0.5, 0.6) is 0 Å². The number of methoxy groups -OCH3 is 1. The summed E-state index contributed by atoms with van der Waals surface area (Å²) in [6, 6.07) is 1.64. The Labute approximate surface area is 106 Å². The second kappa shape index (κ2) is 5.47. The van der Waals surface area contributed by atoms with Crippen molar-refractivity contribution in [2.75, 3.05) is 20.2 Å². The van der Waals surface area contributed by atoms with E-state index in [0.29, 0.717) is 23.7 Å². The molecule has 0 aliphatic carbocycles. The van der Waals surface area contributed by atoms with Gasteiger partial charge in [-0.15, -0.1) is 0 Å². The standard InChI is InChI=1S/C12H15ClN2O2/c1-17-9-3-6-15(7-4-9)12(16)10-8-14-5-2-11(10)13/h2,5,8-9H,3-4,6-7H2,1H3. The van der Waals surface area contributed by atoms with Crippen molar-refractivity contribution >= 4 is 17.5 Å². The lowest BCUT2D eigenvalue weighted by Crippen LogP contribution is -2.40.